The maximum atomic E-state index is 12.1. The first kappa shape index (κ1) is 13.7. The number of aryl methyl sites for hydroxylation is 1. The van der Waals surface area contributed by atoms with Crippen LogP contribution in [-0.4, -0.2) is 4.98 Å². The van der Waals surface area contributed by atoms with Gasteiger partial charge in [0.05, 0.1) is 0 Å². The van der Waals surface area contributed by atoms with Crippen LogP contribution in [0.15, 0.2) is 53.3 Å². The largest absolute Gasteiger partial charge is 0.381 e. The van der Waals surface area contributed by atoms with E-state index in [1.54, 1.807) is 6.07 Å². The number of aromatic amines is 1. The number of H-pyrrole nitrogens is 1. The number of benzene rings is 2. The lowest BCUT2D eigenvalue weighted by Gasteiger charge is -2.08. The Labute approximate surface area is 127 Å². The van der Waals surface area contributed by atoms with Crippen LogP contribution in [0.1, 0.15) is 11.1 Å². The highest BCUT2D eigenvalue weighted by molar-refractivity contribution is 6.32. The first-order chi connectivity index (χ1) is 10.1. The van der Waals surface area contributed by atoms with Crippen molar-refractivity contribution in [2.75, 3.05) is 5.32 Å². The van der Waals surface area contributed by atoms with Gasteiger partial charge in [0.25, 0.3) is 5.56 Å². The zero-order valence-corrected chi connectivity index (χ0v) is 12.4. The lowest BCUT2D eigenvalue weighted by molar-refractivity contribution is 1.09. The van der Waals surface area contributed by atoms with Gasteiger partial charge in [-0.3, -0.25) is 4.79 Å². The average Bonchev–Trinajstić information content (AvgIpc) is 2.48. The van der Waals surface area contributed by atoms with E-state index in [9.17, 15) is 4.79 Å². The minimum Gasteiger partial charge on any atom is -0.381 e. The summed E-state index contributed by atoms with van der Waals surface area (Å²) < 4.78 is 0. The standard InChI is InChI=1S/C17H15ClN2O/c1-11-7-12-8-13(10-19-14-5-3-2-4-6-14)17(21)20-16(12)9-15(11)18/h2-9,19H,10H2,1H3,(H,20,21). The van der Waals surface area contributed by atoms with Crippen LogP contribution in [0.25, 0.3) is 10.9 Å². The minimum atomic E-state index is -0.0918. The van der Waals surface area contributed by atoms with E-state index in [2.05, 4.69) is 10.3 Å². The van der Waals surface area contributed by atoms with Crippen LogP contribution in [-0.2, 0) is 6.54 Å². The third kappa shape index (κ3) is 2.93. The van der Waals surface area contributed by atoms with Crippen molar-refractivity contribution in [1.29, 1.82) is 0 Å². The van der Waals surface area contributed by atoms with Crippen molar-refractivity contribution in [2.24, 2.45) is 0 Å². The maximum Gasteiger partial charge on any atom is 0.253 e. The number of hydrogen-bond donors (Lipinski definition) is 2. The average molecular weight is 299 g/mol. The summed E-state index contributed by atoms with van der Waals surface area (Å²) in [6, 6.07) is 15.5. The molecule has 0 saturated carbocycles. The van der Waals surface area contributed by atoms with Crippen LogP contribution in [0.3, 0.4) is 0 Å². The Kier molecular flexibility index (Phi) is 3.67. The Morgan fingerprint density at radius 2 is 1.90 bits per heavy atom. The molecule has 0 bridgehead atoms. The van der Waals surface area contributed by atoms with Gasteiger partial charge in [0.2, 0.25) is 0 Å². The van der Waals surface area contributed by atoms with E-state index in [4.69, 9.17) is 11.6 Å². The zero-order chi connectivity index (χ0) is 14.8. The molecule has 2 N–H and O–H groups in total. The number of anilines is 1. The van der Waals surface area contributed by atoms with Gasteiger partial charge >= 0.3 is 0 Å². The minimum absolute atomic E-state index is 0.0918. The molecule has 0 aliphatic heterocycles. The van der Waals surface area contributed by atoms with Gasteiger partial charge in [0.1, 0.15) is 0 Å². The van der Waals surface area contributed by atoms with E-state index in [-0.39, 0.29) is 5.56 Å². The highest BCUT2D eigenvalue weighted by Crippen LogP contribution is 2.22. The molecular weight excluding hydrogens is 284 g/mol. The fourth-order valence-electron chi connectivity index (χ4n) is 2.27. The number of aromatic nitrogens is 1. The Morgan fingerprint density at radius 3 is 2.67 bits per heavy atom. The van der Waals surface area contributed by atoms with E-state index < -0.39 is 0 Å². The molecule has 0 fully saturated rings. The van der Waals surface area contributed by atoms with Gasteiger partial charge in [-0.05, 0) is 48.2 Å². The van der Waals surface area contributed by atoms with E-state index in [0.29, 0.717) is 17.1 Å². The molecule has 3 aromatic rings. The lowest BCUT2D eigenvalue weighted by Crippen LogP contribution is -2.15. The van der Waals surface area contributed by atoms with Crippen molar-refractivity contribution in [3.8, 4) is 0 Å². The van der Waals surface area contributed by atoms with Crippen molar-refractivity contribution in [3.05, 3.63) is 75.0 Å². The van der Waals surface area contributed by atoms with E-state index in [1.807, 2.05) is 49.4 Å². The lowest BCUT2D eigenvalue weighted by atomic mass is 10.1. The van der Waals surface area contributed by atoms with Crippen LogP contribution in [0, 0.1) is 6.92 Å². The monoisotopic (exact) mass is 298 g/mol. The molecule has 21 heavy (non-hydrogen) atoms. The Morgan fingerprint density at radius 1 is 1.14 bits per heavy atom. The van der Waals surface area contributed by atoms with Crippen LogP contribution in [0.5, 0.6) is 0 Å². The number of rotatable bonds is 3. The maximum absolute atomic E-state index is 12.1. The van der Waals surface area contributed by atoms with Gasteiger partial charge in [0, 0.05) is 28.3 Å². The van der Waals surface area contributed by atoms with Gasteiger partial charge in [-0.1, -0.05) is 29.8 Å². The predicted octanol–water partition coefficient (Wildman–Crippen LogP) is 4.10. The number of nitrogens with one attached hydrogen (secondary N) is 2. The molecule has 0 radical (unpaired) electrons. The summed E-state index contributed by atoms with van der Waals surface area (Å²) in [4.78, 5) is 15.0. The topological polar surface area (TPSA) is 44.9 Å². The van der Waals surface area contributed by atoms with Gasteiger partial charge in [-0.25, -0.2) is 0 Å². The molecule has 0 saturated heterocycles. The van der Waals surface area contributed by atoms with Crippen LogP contribution in [0.4, 0.5) is 5.69 Å². The molecule has 3 nitrogen and oxygen atoms in total. The van der Waals surface area contributed by atoms with Gasteiger partial charge < -0.3 is 10.3 Å². The van der Waals surface area contributed by atoms with E-state index in [1.165, 1.54) is 0 Å². The number of halogens is 1. The van der Waals surface area contributed by atoms with Crippen LogP contribution >= 0.6 is 11.6 Å². The molecular formula is C17H15ClN2O. The van der Waals surface area contributed by atoms with E-state index >= 15 is 0 Å². The Balaban J connectivity index is 1.94. The second kappa shape index (κ2) is 5.62. The SMILES string of the molecule is Cc1cc2cc(CNc3ccccc3)c(=O)[nH]c2cc1Cl. The quantitative estimate of drug-likeness (QED) is 0.764. The fourth-order valence-corrected chi connectivity index (χ4v) is 2.44. The molecule has 4 heteroatoms. The van der Waals surface area contributed by atoms with Crippen LogP contribution in [0.2, 0.25) is 5.02 Å². The second-order valence-corrected chi connectivity index (χ2v) is 5.44. The number of para-hydroxylation sites is 1. The van der Waals surface area contributed by atoms with Crippen molar-refractivity contribution in [3.63, 3.8) is 0 Å². The molecule has 1 heterocycles. The summed E-state index contributed by atoms with van der Waals surface area (Å²) in [5.41, 5.74) is 3.36. The molecule has 0 aliphatic rings. The molecule has 0 amide bonds. The predicted molar refractivity (Wildman–Crippen MR) is 88.1 cm³/mol. The molecule has 106 valence electrons. The van der Waals surface area contributed by atoms with Crippen molar-refractivity contribution in [1.82, 2.24) is 4.98 Å². The zero-order valence-electron chi connectivity index (χ0n) is 11.6. The molecule has 0 aliphatic carbocycles. The summed E-state index contributed by atoms with van der Waals surface area (Å²) >= 11 is 6.09. The molecule has 1 aromatic heterocycles. The Bertz CT molecular complexity index is 841. The molecule has 0 spiro atoms. The fraction of sp³-hybridized carbons (Fsp3) is 0.118. The molecule has 3 rings (SSSR count). The normalized spacial score (nSPS) is 10.8. The third-order valence-electron chi connectivity index (χ3n) is 3.46. The van der Waals surface area contributed by atoms with Crippen molar-refractivity contribution >= 4 is 28.2 Å². The molecule has 0 atom stereocenters. The number of pyridine rings is 1. The summed E-state index contributed by atoms with van der Waals surface area (Å²) in [6.45, 7) is 2.44. The molecule has 2 aromatic carbocycles. The first-order valence-electron chi connectivity index (χ1n) is 6.74. The smallest absolute Gasteiger partial charge is 0.253 e. The highest BCUT2D eigenvalue weighted by Gasteiger charge is 2.05. The van der Waals surface area contributed by atoms with Crippen LogP contribution < -0.4 is 10.9 Å². The molecule has 0 unspecified atom stereocenters. The summed E-state index contributed by atoms with van der Waals surface area (Å²) in [5, 5.41) is 4.89. The summed E-state index contributed by atoms with van der Waals surface area (Å²) in [6.07, 6.45) is 0. The van der Waals surface area contributed by atoms with Crippen molar-refractivity contribution in [2.45, 2.75) is 13.5 Å². The first-order valence-corrected chi connectivity index (χ1v) is 7.12. The van der Waals surface area contributed by atoms with Gasteiger partial charge in [-0.2, -0.15) is 0 Å². The number of fused-ring (bicyclic) bond motifs is 1. The van der Waals surface area contributed by atoms with Gasteiger partial charge in [0.15, 0.2) is 0 Å². The summed E-state index contributed by atoms with van der Waals surface area (Å²) in [5.74, 6) is 0. The summed E-state index contributed by atoms with van der Waals surface area (Å²) in [7, 11) is 0. The van der Waals surface area contributed by atoms with Crippen molar-refractivity contribution < 1.29 is 0 Å². The van der Waals surface area contributed by atoms with E-state index in [0.717, 1.165) is 22.2 Å². The Hall–Kier alpha value is -2.26. The second-order valence-electron chi connectivity index (χ2n) is 5.03. The highest BCUT2D eigenvalue weighted by atomic mass is 35.5. The van der Waals surface area contributed by atoms with Gasteiger partial charge in [-0.15, -0.1) is 0 Å². The third-order valence-corrected chi connectivity index (χ3v) is 3.86. The number of hydrogen-bond acceptors (Lipinski definition) is 2.